The van der Waals surface area contributed by atoms with Crippen LogP contribution in [0.25, 0.3) is 0 Å². The average Bonchev–Trinajstić information content (AvgIpc) is 1.99. The average molecular weight is 186 g/mol. The molecule has 0 aromatic heterocycles. The molecule has 76 valence electrons. The summed E-state index contributed by atoms with van der Waals surface area (Å²) < 4.78 is 0. The standard InChI is InChI=1S/C9H18N2O2/c1-5-10-7(2)8(12)11-6-9(3,4)13/h13H,5-6H2,1-4H3,(H,11,12). The van der Waals surface area contributed by atoms with Crippen molar-refractivity contribution in [1.29, 1.82) is 0 Å². The normalized spacial score (nSPS) is 12.8. The van der Waals surface area contributed by atoms with E-state index in [0.29, 0.717) is 12.3 Å². The zero-order chi connectivity index (χ0) is 10.5. The third kappa shape index (κ3) is 6.28. The molecular formula is C9H18N2O2. The van der Waals surface area contributed by atoms with Crippen LogP contribution in [0.3, 0.4) is 0 Å². The van der Waals surface area contributed by atoms with Gasteiger partial charge in [-0.1, -0.05) is 0 Å². The van der Waals surface area contributed by atoms with Gasteiger partial charge in [0, 0.05) is 13.1 Å². The molecule has 0 aromatic carbocycles. The van der Waals surface area contributed by atoms with E-state index in [1.54, 1.807) is 20.8 Å². The Morgan fingerprint density at radius 3 is 2.46 bits per heavy atom. The van der Waals surface area contributed by atoms with Gasteiger partial charge in [0.15, 0.2) is 0 Å². The quantitative estimate of drug-likeness (QED) is 0.622. The van der Waals surface area contributed by atoms with Gasteiger partial charge in [0.2, 0.25) is 0 Å². The summed E-state index contributed by atoms with van der Waals surface area (Å²) in [7, 11) is 0. The number of carbonyl (C=O) groups is 1. The highest BCUT2D eigenvalue weighted by molar-refractivity contribution is 6.37. The molecule has 0 unspecified atom stereocenters. The highest BCUT2D eigenvalue weighted by Gasteiger charge is 2.14. The maximum absolute atomic E-state index is 11.2. The van der Waals surface area contributed by atoms with E-state index in [1.807, 2.05) is 6.92 Å². The molecule has 0 radical (unpaired) electrons. The summed E-state index contributed by atoms with van der Waals surface area (Å²) >= 11 is 0. The number of amides is 1. The van der Waals surface area contributed by atoms with Crippen LogP contribution < -0.4 is 5.32 Å². The maximum atomic E-state index is 11.2. The number of aliphatic hydroxyl groups is 1. The molecule has 0 saturated carbocycles. The minimum absolute atomic E-state index is 0.219. The van der Waals surface area contributed by atoms with E-state index >= 15 is 0 Å². The fourth-order valence-corrected chi connectivity index (χ4v) is 0.733. The van der Waals surface area contributed by atoms with E-state index in [9.17, 15) is 9.90 Å². The Labute approximate surface area is 79.1 Å². The largest absolute Gasteiger partial charge is 0.389 e. The Bertz CT molecular complexity index is 204. The van der Waals surface area contributed by atoms with Gasteiger partial charge in [-0.2, -0.15) is 0 Å². The van der Waals surface area contributed by atoms with Crippen LogP contribution in [0.5, 0.6) is 0 Å². The predicted molar refractivity (Wildman–Crippen MR) is 53.0 cm³/mol. The maximum Gasteiger partial charge on any atom is 0.265 e. The van der Waals surface area contributed by atoms with E-state index < -0.39 is 5.60 Å². The lowest BCUT2D eigenvalue weighted by atomic mass is 10.1. The van der Waals surface area contributed by atoms with Gasteiger partial charge in [0.05, 0.1) is 11.3 Å². The summed E-state index contributed by atoms with van der Waals surface area (Å²) in [5.74, 6) is -0.219. The molecule has 0 spiro atoms. The molecule has 1 amide bonds. The molecule has 4 nitrogen and oxygen atoms in total. The van der Waals surface area contributed by atoms with Gasteiger partial charge in [0.1, 0.15) is 0 Å². The Balaban J connectivity index is 3.96. The van der Waals surface area contributed by atoms with Crippen molar-refractivity contribution in [2.24, 2.45) is 4.99 Å². The minimum Gasteiger partial charge on any atom is -0.389 e. The number of nitrogens with one attached hydrogen (secondary N) is 1. The number of carbonyl (C=O) groups excluding carboxylic acids is 1. The first-order valence-electron chi connectivity index (χ1n) is 4.38. The third-order valence-electron chi connectivity index (χ3n) is 1.41. The van der Waals surface area contributed by atoms with Crippen molar-refractivity contribution in [3.05, 3.63) is 0 Å². The summed E-state index contributed by atoms with van der Waals surface area (Å²) in [6.07, 6.45) is 0. The first-order valence-corrected chi connectivity index (χ1v) is 4.38. The van der Waals surface area contributed by atoms with Gasteiger partial charge in [-0.05, 0) is 27.7 Å². The summed E-state index contributed by atoms with van der Waals surface area (Å²) in [4.78, 5) is 15.2. The van der Waals surface area contributed by atoms with Crippen molar-refractivity contribution in [3.8, 4) is 0 Å². The van der Waals surface area contributed by atoms with E-state index in [-0.39, 0.29) is 12.5 Å². The summed E-state index contributed by atoms with van der Waals surface area (Å²) in [5.41, 5.74) is -0.422. The Morgan fingerprint density at radius 2 is 2.08 bits per heavy atom. The molecule has 13 heavy (non-hydrogen) atoms. The van der Waals surface area contributed by atoms with Crippen molar-refractivity contribution >= 4 is 11.6 Å². The third-order valence-corrected chi connectivity index (χ3v) is 1.41. The lowest BCUT2D eigenvalue weighted by Crippen LogP contribution is -2.40. The van der Waals surface area contributed by atoms with Crippen LogP contribution in [0.4, 0.5) is 0 Å². The number of hydrogen-bond donors (Lipinski definition) is 2. The zero-order valence-electron chi connectivity index (χ0n) is 8.72. The number of nitrogens with zero attached hydrogens (tertiary/aromatic N) is 1. The van der Waals surface area contributed by atoms with Crippen LogP contribution in [0.1, 0.15) is 27.7 Å². The molecule has 0 aliphatic heterocycles. The highest BCUT2D eigenvalue weighted by Crippen LogP contribution is 1.96. The van der Waals surface area contributed by atoms with Crippen LogP contribution in [0, 0.1) is 0 Å². The molecular weight excluding hydrogens is 168 g/mol. The predicted octanol–water partition coefficient (Wildman–Crippen LogP) is 0.354. The second-order valence-corrected chi connectivity index (χ2v) is 3.55. The lowest BCUT2D eigenvalue weighted by Gasteiger charge is -2.17. The van der Waals surface area contributed by atoms with Crippen molar-refractivity contribution in [2.45, 2.75) is 33.3 Å². The fraction of sp³-hybridized carbons (Fsp3) is 0.778. The second kappa shape index (κ2) is 4.97. The second-order valence-electron chi connectivity index (χ2n) is 3.55. The van der Waals surface area contributed by atoms with Gasteiger partial charge in [-0.3, -0.25) is 9.79 Å². The van der Waals surface area contributed by atoms with Crippen molar-refractivity contribution < 1.29 is 9.90 Å². The van der Waals surface area contributed by atoms with Gasteiger partial charge in [-0.25, -0.2) is 0 Å². The van der Waals surface area contributed by atoms with E-state index in [1.165, 1.54) is 0 Å². The Hall–Kier alpha value is -0.900. The number of hydrogen-bond acceptors (Lipinski definition) is 3. The molecule has 0 rings (SSSR count). The molecule has 0 aromatic rings. The van der Waals surface area contributed by atoms with Crippen LogP contribution in [0.15, 0.2) is 4.99 Å². The Morgan fingerprint density at radius 1 is 1.54 bits per heavy atom. The van der Waals surface area contributed by atoms with E-state index in [2.05, 4.69) is 10.3 Å². The number of aliphatic imine (C=N–C) groups is 1. The smallest absolute Gasteiger partial charge is 0.265 e. The monoisotopic (exact) mass is 186 g/mol. The SMILES string of the molecule is CCN=C(C)C(=O)NCC(C)(C)O. The topological polar surface area (TPSA) is 61.7 Å². The van der Waals surface area contributed by atoms with Crippen molar-refractivity contribution in [2.75, 3.05) is 13.1 Å². The van der Waals surface area contributed by atoms with E-state index in [0.717, 1.165) is 0 Å². The molecule has 0 saturated heterocycles. The van der Waals surface area contributed by atoms with Crippen molar-refractivity contribution in [3.63, 3.8) is 0 Å². The first-order chi connectivity index (χ1) is 5.87. The molecule has 0 atom stereocenters. The molecule has 0 aliphatic carbocycles. The van der Waals surface area contributed by atoms with Crippen LogP contribution in [-0.2, 0) is 4.79 Å². The lowest BCUT2D eigenvalue weighted by molar-refractivity contribution is -0.115. The van der Waals surface area contributed by atoms with Gasteiger partial charge in [-0.15, -0.1) is 0 Å². The molecule has 0 fully saturated rings. The van der Waals surface area contributed by atoms with Crippen molar-refractivity contribution in [1.82, 2.24) is 5.32 Å². The first kappa shape index (κ1) is 12.1. The molecule has 4 heteroatoms. The minimum atomic E-state index is -0.873. The molecule has 0 aliphatic rings. The number of rotatable bonds is 4. The zero-order valence-corrected chi connectivity index (χ0v) is 8.72. The van der Waals surface area contributed by atoms with Gasteiger partial charge >= 0.3 is 0 Å². The summed E-state index contributed by atoms with van der Waals surface area (Å²) in [6.45, 7) is 7.64. The Kier molecular flexibility index (Phi) is 4.62. The molecule has 0 bridgehead atoms. The summed E-state index contributed by atoms with van der Waals surface area (Å²) in [6, 6.07) is 0. The van der Waals surface area contributed by atoms with Crippen LogP contribution >= 0.6 is 0 Å². The van der Waals surface area contributed by atoms with E-state index in [4.69, 9.17) is 0 Å². The molecule has 0 heterocycles. The van der Waals surface area contributed by atoms with Gasteiger partial charge < -0.3 is 10.4 Å². The summed E-state index contributed by atoms with van der Waals surface area (Å²) in [5, 5.41) is 11.9. The van der Waals surface area contributed by atoms with Gasteiger partial charge in [0.25, 0.3) is 5.91 Å². The fourth-order valence-electron chi connectivity index (χ4n) is 0.733. The molecule has 2 N–H and O–H groups in total. The van der Waals surface area contributed by atoms with Crippen LogP contribution in [0.2, 0.25) is 0 Å². The van der Waals surface area contributed by atoms with Crippen LogP contribution in [-0.4, -0.2) is 35.4 Å². The highest BCUT2D eigenvalue weighted by atomic mass is 16.3.